The highest BCUT2D eigenvalue weighted by molar-refractivity contribution is 7.47. The summed E-state index contributed by atoms with van der Waals surface area (Å²) < 4.78 is 33.3. The molecule has 0 aromatic carbocycles. The third kappa shape index (κ3) is 29.1. The summed E-state index contributed by atoms with van der Waals surface area (Å²) in [6, 6.07) is 0. The average Bonchev–Trinajstić information content (AvgIpc) is 3.26. The first kappa shape index (κ1) is 58.7. The molecule has 1 aliphatic carbocycles. The number of ether oxygens (including phenoxy) is 2. The lowest BCUT2D eigenvalue weighted by atomic mass is 9.85. The molecular weight excluding hydrogens is 835 g/mol. The third-order valence-electron chi connectivity index (χ3n) is 10.8. The van der Waals surface area contributed by atoms with Crippen molar-refractivity contribution in [3.05, 3.63) is 48.6 Å². The number of esters is 2. The molecule has 63 heavy (non-hydrogen) atoms. The number of carbonyl (C=O) groups is 2. The Morgan fingerprint density at radius 2 is 1.02 bits per heavy atom. The fourth-order valence-corrected chi connectivity index (χ4v) is 7.83. The highest BCUT2D eigenvalue weighted by atomic mass is 31.2. The molecule has 1 saturated carbocycles. The Bertz CT molecular complexity index is 1320. The maximum absolute atomic E-state index is 12.8. The van der Waals surface area contributed by atoms with Gasteiger partial charge in [0.2, 0.25) is 0 Å². The minimum Gasteiger partial charge on any atom is -0.462 e. The van der Waals surface area contributed by atoms with Crippen molar-refractivity contribution in [1.29, 1.82) is 0 Å². The second kappa shape index (κ2) is 36.9. The van der Waals surface area contributed by atoms with Gasteiger partial charge in [-0.1, -0.05) is 127 Å². The SMILES string of the molecule is CCCCC/C=C\C/C=C\C/C=C\CC(O)C(O)CCCC(=O)O[C@H](COC(=O)CCCCCCC/C=C\CCCCCCCC)COP(=O)(O)OC1[C@H](O)[C@H](O)C(O)[C@H](O)[C@H]1O. The van der Waals surface area contributed by atoms with Crippen LogP contribution in [0.1, 0.15) is 168 Å². The van der Waals surface area contributed by atoms with Crippen LogP contribution in [-0.4, -0.2) is 121 Å². The van der Waals surface area contributed by atoms with Crippen LogP contribution in [0.2, 0.25) is 0 Å². The van der Waals surface area contributed by atoms with E-state index in [0.717, 1.165) is 51.4 Å². The lowest BCUT2D eigenvalue weighted by Crippen LogP contribution is -2.64. The number of hydrogen-bond donors (Lipinski definition) is 8. The van der Waals surface area contributed by atoms with E-state index in [9.17, 15) is 54.8 Å². The van der Waals surface area contributed by atoms with Gasteiger partial charge in [0.1, 0.15) is 43.2 Å². The van der Waals surface area contributed by atoms with Gasteiger partial charge < -0.3 is 50.1 Å². The Morgan fingerprint density at radius 3 is 1.62 bits per heavy atom. The zero-order valence-electron chi connectivity index (χ0n) is 38.1. The molecule has 0 spiro atoms. The Balaban J connectivity index is 2.58. The quantitative estimate of drug-likeness (QED) is 0.0133. The van der Waals surface area contributed by atoms with Crippen molar-refractivity contribution in [3.8, 4) is 0 Å². The number of aliphatic hydroxyl groups is 7. The van der Waals surface area contributed by atoms with E-state index >= 15 is 0 Å². The van der Waals surface area contributed by atoms with Crippen LogP contribution in [0.5, 0.6) is 0 Å². The van der Waals surface area contributed by atoms with Gasteiger partial charge in [-0.25, -0.2) is 4.57 Å². The van der Waals surface area contributed by atoms with Crippen molar-refractivity contribution in [2.24, 2.45) is 0 Å². The summed E-state index contributed by atoms with van der Waals surface area (Å²) in [6.07, 6.45) is 21.7. The van der Waals surface area contributed by atoms with Crippen molar-refractivity contribution in [2.75, 3.05) is 13.2 Å². The van der Waals surface area contributed by atoms with E-state index in [0.29, 0.717) is 12.8 Å². The number of unbranched alkanes of at least 4 members (excludes halogenated alkanes) is 14. The minimum atomic E-state index is -5.20. The van der Waals surface area contributed by atoms with Crippen LogP contribution in [0.3, 0.4) is 0 Å². The molecule has 10 atom stereocenters. The standard InChI is InChI=1S/C47H83O15P/c1-3-5-7-9-11-13-15-17-18-19-21-23-25-27-29-33-40(50)59-35-37(36-60-63(57,58)62-47-45(55)43(53)42(52)44(54)46(47)56)61-41(51)34-30-32-39(49)38(48)31-28-26-24-22-20-16-14-12-10-8-6-4-2/h12,14,17-18,20,22,26,28,37-39,42-49,52-56H,3-11,13,15-16,19,21,23-25,27,29-36H2,1-2H3,(H,57,58)/b14-12-,18-17-,22-20-,28-26-/t37-,38?,39?,42?,43-,44+,45-,46-,47?/m1/s1. The number of phosphoric ester groups is 1. The lowest BCUT2D eigenvalue weighted by Gasteiger charge is -2.41. The monoisotopic (exact) mass is 919 g/mol. The molecule has 366 valence electrons. The van der Waals surface area contributed by atoms with Crippen LogP contribution in [0.25, 0.3) is 0 Å². The summed E-state index contributed by atoms with van der Waals surface area (Å²) in [5.41, 5.74) is 0. The summed E-state index contributed by atoms with van der Waals surface area (Å²) in [5.74, 6) is -1.40. The molecule has 1 fully saturated rings. The third-order valence-corrected chi connectivity index (χ3v) is 11.8. The largest absolute Gasteiger partial charge is 0.472 e. The highest BCUT2D eigenvalue weighted by Gasteiger charge is 2.51. The zero-order chi connectivity index (χ0) is 46.7. The molecular formula is C47H83O15P. The van der Waals surface area contributed by atoms with E-state index < -0.39 is 87.9 Å². The number of phosphoric acid groups is 1. The molecule has 16 heteroatoms. The molecule has 5 unspecified atom stereocenters. The molecule has 0 saturated heterocycles. The van der Waals surface area contributed by atoms with Gasteiger partial charge in [0.15, 0.2) is 6.10 Å². The first-order valence-electron chi connectivity index (χ1n) is 23.6. The van der Waals surface area contributed by atoms with Gasteiger partial charge in [0.05, 0.1) is 18.8 Å². The predicted octanol–water partition coefficient (Wildman–Crippen LogP) is 7.11. The van der Waals surface area contributed by atoms with Crippen molar-refractivity contribution in [1.82, 2.24) is 0 Å². The molecule has 0 heterocycles. The van der Waals surface area contributed by atoms with E-state index in [2.05, 4.69) is 44.2 Å². The first-order chi connectivity index (χ1) is 30.2. The van der Waals surface area contributed by atoms with Crippen molar-refractivity contribution < 1.29 is 73.3 Å². The van der Waals surface area contributed by atoms with Gasteiger partial charge in [-0.2, -0.15) is 0 Å². The molecule has 8 N–H and O–H groups in total. The van der Waals surface area contributed by atoms with Gasteiger partial charge in [0, 0.05) is 12.8 Å². The van der Waals surface area contributed by atoms with Crippen LogP contribution in [0, 0.1) is 0 Å². The van der Waals surface area contributed by atoms with Gasteiger partial charge in [-0.05, 0) is 77.0 Å². The summed E-state index contributed by atoms with van der Waals surface area (Å²) in [7, 11) is -5.20. The minimum absolute atomic E-state index is 0.0683. The summed E-state index contributed by atoms with van der Waals surface area (Å²) >= 11 is 0. The zero-order valence-corrected chi connectivity index (χ0v) is 39.0. The van der Waals surface area contributed by atoms with Crippen LogP contribution >= 0.6 is 7.82 Å². The average molecular weight is 919 g/mol. The predicted molar refractivity (Wildman–Crippen MR) is 242 cm³/mol. The van der Waals surface area contributed by atoms with Gasteiger partial charge in [-0.3, -0.25) is 18.6 Å². The van der Waals surface area contributed by atoms with Crippen LogP contribution in [0.4, 0.5) is 0 Å². The van der Waals surface area contributed by atoms with E-state index in [-0.39, 0.29) is 32.1 Å². The van der Waals surface area contributed by atoms with Gasteiger partial charge in [0.25, 0.3) is 0 Å². The lowest BCUT2D eigenvalue weighted by molar-refractivity contribution is -0.220. The number of aliphatic hydroxyl groups excluding tert-OH is 7. The maximum atomic E-state index is 12.8. The summed E-state index contributed by atoms with van der Waals surface area (Å²) in [6.45, 7) is 3.01. The molecule has 0 radical (unpaired) electrons. The second-order valence-electron chi connectivity index (χ2n) is 16.6. The fraction of sp³-hybridized carbons (Fsp3) is 0.787. The Kier molecular flexibility index (Phi) is 34.4. The second-order valence-corrected chi connectivity index (χ2v) is 18.0. The van der Waals surface area contributed by atoms with E-state index in [4.69, 9.17) is 18.5 Å². The molecule has 0 bridgehead atoms. The van der Waals surface area contributed by atoms with Crippen LogP contribution in [0.15, 0.2) is 48.6 Å². The number of rotatable bonds is 38. The van der Waals surface area contributed by atoms with E-state index in [1.165, 1.54) is 57.8 Å². The number of carbonyl (C=O) groups excluding carboxylic acids is 2. The summed E-state index contributed by atoms with van der Waals surface area (Å²) in [5, 5.41) is 71.0. The van der Waals surface area contributed by atoms with E-state index in [1.54, 1.807) is 6.08 Å². The molecule has 1 rings (SSSR count). The number of allylic oxidation sites excluding steroid dienone is 7. The van der Waals surface area contributed by atoms with Crippen LogP contribution in [-0.2, 0) is 32.7 Å². The summed E-state index contributed by atoms with van der Waals surface area (Å²) in [4.78, 5) is 35.8. The topological polar surface area (TPSA) is 250 Å². The van der Waals surface area contributed by atoms with Crippen LogP contribution < -0.4 is 0 Å². The first-order valence-corrected chi connectivity index (χ1v) is 25.1. The molecule has 15 nitrogen and oxygen atoms in total. The smallest absolute Gasteiger partial charge is 0.462 e. The molecule has 0 aliphatic heterocycles. The highest BCUT2D eigenvalue weighted by Crippen LogP contribution is 2.47. The molecule has 0 aromatic heterocycles. The fourth-order valence-electron chi connectivity index (χ4n) is 6.85. The normalized spacial score (nSPS) is 23.1. The Labute approximate surface area is 376 Å². The van der Waals surface area contributed by atoms with Gasteiger partial charge >= 0.3 is 19.8 Å². The van der Waals surface area contributed by atoms with Crippen molar-refractivity contribution in [3.63, 3.8) is 0 Å². The molecule has 0 amide bonds. The number of hydrogen-bond acceptors (Lipinski definition) is 14. The Morgan fingerprint density at radius 1 is 0.556 bits per heavy atom. The van der Waals surface area contributed by atoms with Crippen molar-refractivity contribution in [2.45, 2.75) is 223 Å². The van der Waals surface area contributed by atoms with E-state index in [1.807, 2.05) is 12.2 Å². The maximum Gasteiger partial charge on any atom is 0.472 e. The molecule has 1 aliphatic rings. The van der Waals surface area contributed by atoms with Gasteiger partial charge in [-0.15, -0.1) is 0 Å². The molecule has 0 aromatic rings. The Hall–Kier alpha value is -2.27. The van der Waals surface area contributed by atoms with Crippen molar-refractivity contribution >= 4 is 19.8 Å².